The highest BCUT2D eigenvalue weighted by molar-refractivity contribution is 14.0. The molecule has 0 heterocycles. The van der Waals surface area contributed by atoms with Gasteiger partial charge in [0.05, 0.1) is 0 Å². The van der Waals surface area contributed by atoms with E-state index in [4.69, 9.17) is 5.73 Å². The maximum Gasteiger partial charge on any atom is 0.248 e. The van der Waals surface area contributed by atoms with Crippen molar-refractivity contribution in [3.05, 3.63) is 35.4 Å². The largest absolute Gasteiger partial charge is 0.366 e. The normalized spacial score (nSPS) is 11.0. The summed E-state index contributed by atoms with van der Waals surface area (Å²) in [4.78, 5) is 15.4. The molecule has 0 unspecified atom stereocenters. The Hall–Kier alpha value is -1.31. The summed E-state index contributed by atoms with van der Waals surface area (Å²) in [6.45, 7) is 5.90. The molecule has 0 aromatic heterocycles. The summed E-state index contributed by atoms with van der Waals surface area (Å²) in [7, 11) is 1.75. The van der Waals surface area contributed by atoms with E-state index in [2.05, 4.69) is 29.5 Å². The molecule has 0 saturated carbocycles. The summed E-state index contributed by atoms with van der Waals surface area (Å²) in [6, 6.07) is 7.29. The molecule has 0 aliphatic carbocycles. The monoisotopic (exact) mass is 418 g/mol. The van der Waals surface area contributed by atoms with Crippen molar-refractivity contribution < 1.29 is 4.79 Å². The first kappa shape index (κ1) is 20.7. The first-order valence-corrected chi connectivity index (χ1v) is 7.43. The van der Waals surface area contributed by atoms with Crippen LogP contribution in [0.2, 0.25) is 0 Å². The Balaban J connectivity index is 0.00000441. The van der Waals surface area contributed by atoms with Gasteiger partial charge in [-0.05, 0) is 23.6 Å². The van der Waals surface area contributed by atoms with Crippen molar-refractivity contribution in [2.75, 3.05) is 13.6 Å². The van der Waals surface area contributed by atoms with Crippen LogP contribution in [0.4, 0.5) is 0 Å². The van der Waals surface area contributed by atoms with Gasteiger partial charge in [0.25, 0.3) is 0 Å². The molecule has 6 heteroatoms. The number of nitrogens with two attached hydrogens (primary N) is 1. The van der Waals surface area contributed by atoms with E-state index in [9.17, 15) is 4.79 Å². The van der Waals surface area contributed by atoms with Crippen molar-refractivity contribution in [1.82, 2.24) is 10.6 Å². The predicted molar refractivity (Wildman–Crippen MR) is 103 cm³/mol. The number of benzene rings is 1. The van der Waals surface area contributed by atoms with Crippen molar-refractivity contribution in [3.8, 4) is 0 Å². The Morgan fingerprint density at radius 1 is 1.27 bits per heavy atom. The molecule has 22 heavy (non-hydrogen) atoms. The van der Waals surface area contributed by atoms with Crippen LogP contribution in [0.1, 0.15) is 42.6 Å². The Bertz CT molecular complexity index is 487. The third-order valence-electron chi connectivity index (χ3n) is 3.61. The smallest absolute Gasteiger partial charge is 0.248 e. The van der Waals surface area contributed by atoms with Gasteiger partial charge in [0.2, 0.25) is 5.91 Å². The first-order valence-electron chi connectivity index (χ1n) is 7.43. The van der Waals surface area contributed by atoms with Gasteiger partial charge in [0.15, 0.2) is 5.96 Å². The van der Waals surface area contributed by atoms with Gasteiger partial charge in [-0.15, -0.1) is 24.0 Å². The highest BCUT2D eigenvalue weighted by Crippen LogP contribution is 2.06. The minimum Gasteiger partial charge on any atom is -0.366 e. The molecule has 4 N–H and O–H groups in total. The van der Waals surface area contributed by atoms with Gasteiger partial charge in [-0.2, -0.15) is 0 Å². The van der Waals surface area contributed by atoms with Crippen molar-refractivity contribution in [3.63, 3.8) is 0 Å². The lowest BCUT2D eigenvalue weighted by molar-refractivity contribution is 0.1000. The van der Waals surface area contributed by atoms with Gasteiger partial charge in [0.1, 0.15) is 0 Å². The average Bonchev–Trinajstić information content (AvgIpc) is 2.51. The van der Waals surface area contributed by atoms with Crippen LogP contribution >= 0.6 is 24.0 Å². The second-order valence-electron chi connectivity index (χ2n) is 5.05. The lowest BCUT2D eigenvalue weighted by Gasteiger charge is -2.16. The van der Waals surface area contributed by atoms with Crippen molar-refractivity contribution >= 4 is 35.8 Å². The number of nitrogens with one attached hydrogen (secondary N) is 2. The zero-order valence-electron chi connectivity index (χ0n) is 13.6. The summed E-state index contributed by atoms with van der Waals surface area (Å²) < 4.78 is 0. The number of halogens is 1. The number of guanidine groups is 1. The number of hydrogen-bond donors (Lipinski definition) is 3. The zero-order valence-corrected chi connectivity index (χ0v) is 15.9. The molecule has 0 fully saturated rings. The number of hydrogen-bond acceptors (Lipinski definition) is 2. The van der Waals surface area contributed by atoms with Gasteiger partial charge in [-0.3, -0.25) is 9.79 Å². The summed E-state index contributed by atoms with van der Waals surface area (Å²) in [6.07, 6.45) is 2.31. The van der Waals surface area contributed by atoms with Crippen LogP contribution in [0, 0.1) is 5.92 Å². The third kappa shape index (κ3) is 7.11. The summed E-state index contributed by atoms with van der Waals surface area (Å²) in [5, 5.41) is 6.57. The van der Waals surface area contributed by atoms with Crippen LogP contribution in [0.25, 0.3) is 0 Å². The fourth-order valence-corrected chi connectivity index (χ4v) is 2.06. The molecular formula is C16H27IN4O. The Kier molecular flexibility index (Phi) is 10.6. The molecule has 1 amide bonds. The molecule has 0 bridgehead atoms. The average molecular weight is 418 g/mol. The number of rotatable bonds is 7. The lowest BCUT2D eigenvalue weighted by Crippen LogP contribution is -2.39. The second-order valence-corrected chi connectivity index (χ2v) is 5.05. The number of carbonyl (C=O) groups is 1. The topological polar surface area (TPSA) is 79.5 Å². The van der Waals surface area contributed by atoms with E-state index >= 15 is 0 Å². The Morgan fingerprint density at radius 3 is 2.50 bits per heavy atom. The van der Waals surface area contributed by atoms with Crippen molar-refractivity contribution in [1.29, 1.82) is 0 Å². The van der Waals surface area contributed by atoms with Gasteiger partial charge < -0.3 is 16.4 Å². The highest BCUT2D eigenvalue weighted by atomic mass is 127. The molecule has 124 valence electrons. The first-order chi connectivity index (χ1) is 10.1. The SMILES string of the molecule is CCC(CC)CNC(=NC)NCc1cccc(C(N)=O)c1.I. The van der Waals surface area contributed by atoms with Crippen LogP contribution in [0.15, 0.2) is 29.3 Å². The molecule has 5 nitrogen and oxygen atoms in total. The molecule has 1 rings (SSSR count). The van der Waals surface area contributed by atoms with Gasteiger partial charge >= 0.3 is 0 Å². The lowest BCUT2D eigenvalue weighted by atomic mass is 10.0. The van der Waals surface area contributed by atoms with Crippen LogP contribution in [-0.4, -0.2) is 25.5 Å². The van der Waals surface area contributed by atoms with Crippen LogP contribution in [-0.2, 0) is 6.54 Å². The molecular weight excluding hydrogens is 391 g/mol. The van der Waals surface area contributed by atoms with Crippen molar-refractivity contribution in [2.45, 2.75) is 33.2 Å². The van der Waals surface area contributed by atoms with E-state index in [1.807, 2.05) is 12.1 Å². The van der Waals surface area contributed by atoms with Gasteiger partial charge in [-0.1, -0.05) is 38.8 Å². The van der Waals surface area contributed by atoms with E-state index in [0.29, 0.717) is 18.0 Å². The van der Waals surface area contributed by atoms with Crippen molar-refractivity contribution in [2.24, 2.45) is 16.6 Å². The highest BCUT2D eigenvalue weighted by Gasteiger charge is 2.05. The van der Waals surface area contributed by atoms with E-state index in [1.54, 1.807) is 19.2 Å². The van der Waals surface area contributed by atoms with Gasteiger partial charge in [-0.25, -0.2) is 0 Å². The summed E-state index contributed by atoms with van der Waals surface area (Å²) in [5.74, 6) is 1.02. The fourth-order valence-electron chi connectivity index (χ4n) is 2.06. The molecule has 1 aromatic rings. The molecule has 0 aliphatic heterocycles. The molecule has 0 atom stereocenters. The van der Waals surface area contributed by atoms with Crippen LogP contribution in [0.3, 0.4) is 0 Å². The van der Waals surface area contributed by atoms with E-state index in [-0.39, 0.29) is 24.0 Å². The maximum absolute atomic E-state index is 11.2. The fraction of sp³-hybridized carbons (Fsp3) is 0.500. The molecule has 0 aliphatic rings. The second kappa shape index (κ2) is 11.3. The molecule has 1 aromatic carbocycles. The number of nitrogens with zero attached hydrogens (tertiary/aromatic N) is 1. The zero-order chi connectivity index (χ0) is 15.7. The number of carbonyl (C=O) groups excluding carboxylic acids is 1. The standard InChI is InChI=1S/C16H26N4O.HI/c1-4-12(5-2)10-19-16(18-3)20-11-13-7-6-8-14(9-13)15(17)21;/h6-9,12H,4-5,10-11H2,1-3H3,(H2,17,21)(H2,18,19,20);1H. The van der Waals surface area contributed by atoms with Gasteiger partial charge in [0, 0.05) is 25.7 Å². The Morgan fingerprint density at radius 2 is 1.95 bits per heavy atom. The maximum atomic E-state index is 11.2. The van der Waals surface area contributed by atoms with Crippen LogP contribution in [0.5, 0.6) is 0 Å². The minimum absolute atomic E-state index is 0. The third-order valence-corrected chi connectivity index (χ3v) is 3.61. The summed E-state index contributed by atoms with van der Waals surface area (Å²) in [5.41, 5.74) is 6.80. The number of amides is 1. The predicted octanol–water partition coefficient (Wildman–Crippen LogP) is 2.50. The Labute approximate surface area is 150 Å². The molecule has 0 saturated heterocycles. The van der Waals surface area contributed by atoms with E-state index in [0.717, 1.165) is 30.9 Å². The molecule has 0 spiro atoms. The molecule has 0 radical (unpaired) electrons. The number of aliphatic imine (C=N–C) groups is 1. The summed E-state index contributed by atoms with van der Waals surface area (Å²) >= 11 is 0. The minimum atomic E-state index is -0.409. The van der Waals surface area contributed by atoms with E-state index < -0.39 is 5.91 Å². The quantitative estimate of drug-likeness (QED) is 0.362. The number of primary amides is 1. The van der Waals surface area contributed by atoms with Crippen LogP contribution < -0.4 is 16.4 Å². The van der Waals surface area contributed by atoms with E-state index in [1.165, 1.54) is 0 Å².